The van der Waals surface area contributed by atoms with E-state index in [4.69, 9.17) is 16.3 Å². The molecule has 102 valence electrons. The lowest BCUT2D eigenvalue weighted by atomic mass is 9.85. The Hall–Kier alpha value is -1.13. The Morgan fingerprint density at radius 2 is 2.16 bits per heavy atom. The number of halogens is 1. The molecule has 0 saturated heterocycles. The Morgan fingerprint density at radius 1 is 1.32 bits per heavy atom. The molecule has 0 bridgehead atoms. The lowest BCUT2D eigenvalue weighted by molar-refractivity contribution is 0.0904. The molecule has 19 heavy (non-hydrogen) atoms. The number of ether oxygens (including phenoxy) is 1. The molecule has 0 heterocycles. The van der Waals surface area contributed by atoms with Gasteiger partial charge in [-0.05, 0) is 49.8 Å². The fraction of sp³-hybridized carbons (Fsp3) is 0.529. The minimum atomic E-state index is 0.367. The zero-order valence-corrected chi connectivity index (χ0v) is 12.2. The molecule has 2 heteroatoms. The second-order valence-corrected chi connectivity index (χ2v) is 5.34. The summed E-state index contributed by atoms with van der Waals surface area (Å²) in [5, 5.41) is 0. The van der Waals surface area contributed by atoms with E-state index in [1.165, 1.54) is 32.1 Å². The monoisotopic (exact) mass is 276 g/mol. The maximum atomic E-state index is 6.18. The highest BCUT2D eigenvalue weighted by molar-refractivity contribution is 6.19. The van der Waals surface area contributed by atoms with Crippen LogP contribution in [0, 0.1) is 17.8 Å². The summed E-state index contributed by atoms with van der Waals surface area (Å²) < 4.78 is 6.18. The van der Waals surface area contributed by atoms with Crippen LogP contribution in [0.4, 0.5) is 0 Å². The quantitative estimate of drug-likeness (QED) is 0.578. The van der Waals surface area contributed by atoms with E-state index in [0.717, 1.165) is 11.3 Å². The number of rotatable bonds is 3. The van der Waals surface area contributed by atoms with Gasteiger partial charge in [-0.25, -0.2) is 0 Å². The van der Waals surface area contributed by atoms with Crippen molar-refractivity contribution in [3.05, 3.63) is 29.8 Å². The van der Waals surface area contributed by atoms with Crippen molar-refractivity contribution >= 4 is 11.6 Å². The Labute approximate surface area is 121 Å². The van der Waals surface area contributed by atoms with E-state index >= 15 is 0 Å². The van der Waals surface area contributed by atoms with Gasteiger partial charge in [-0.15, -0.1) is 11.6 Å². The lowest BCUT2D eigenvalue weighted by Gasteiger charge is -2.31. The van der Waals surface area contributed by atoms with Crippen LogP contribution in [0.2, 0.25) is 0 Å². The summed E-state index contributed by atoms with van der Waals surface area (Å²) in [6, 6.07) is 8.02. The average Bonchev–Trinajstić information content (AvgIpc) is 2.46. The molecule has 1 aliphatic rings. The molecule has 0 N–H and O–H groups in total. The summed E-state index contributed by atoms with van der Waals surface area (Å²) in [4.78, 5) is 0. The van der Waals surface area contributed by atoms with E-state index in [1.54, 1.807) is 0 Å². The highest BCUT2D eigenvalue weighted by Crippen LogP contribution is 2.30. The molecule has 1 nitrogen and oxygen atoms in total. The molecule has 1 aromatic carbocycles. The first-order valence-corrected chi connectivity index (χ1v) is 7.68. The molecule has 2 rings (SSSR count). The van der Waals surface area contributed by atoms with Gasteiger partial charge in [0.1, 0.15) is 11.9 Å². The second kappa shape index (κ2) is 7.46. The zero-order valence-electron chi connectivity index (χ0n) is 11.5. The van der Waals surface area contributed by atoms with Crippen molar-refractivity contribution in [1.29, 1.82) is 0 Å². The van der Waals surface area contributed by atoms with Gasteiger partial charge < -0.3 is 4.74 Å². The van der Waals surface area contributed by atoms with Crippen molar-refractivity contribution in [3.8, 4) is 17.6 Å². The Morgan fingerprint density at radius 3 is 2.95 bits per heavy atom. The summed E-state index contributed by atoms with van der Waals surface area (Å²) in [5.41, 5.74) is 0.974. The van der Waals surface area contributed by atoms with Gasteiger partial charge in [0.25, 0.3) is 0 Å². The first-order valence-electron chi connectivity index (χ1n) is 7.15. The van der Waals surface area contributed by atoms with Crippen LogP contribution < -0.4 is 4.74 Å². The summed E-state index contributed by atoms with van der Waals surface area (Å²) in [7, 11) is 0. The van der Waals surface area contributed by atoms with Gasteiger partial charge >= 0.3 is 0 Å². The normalized spacial score (nSPS) is 22.4. The summed E-state index contributed by atoms with van der Waals surface area (Å²) in [6.45, 7) is 2.26. The molecule has 0 aliphatic heterocycles. The highest BCUT2D eigenvalue weighted by Gasteiger charge is 2.25. The molecule has 0 aromatic heterocycles. The van der Waals surface area contributed by atoms with Crippen LogP contribution in [0.15, 0.2) is 24.3 Å². The molecule has 1 aliphatic carbocycles. The highest BCUT2D eigenvalue weighted by atomic mass is 35.5. The average molecular weight is 277 g/mol. The Bertz CT molecular complexity index is 458. The van der Waals surface area contributed by atoms with Gasteiger partial charge in [-0.2, -0.15) is 0 Å². The van der Waals surface area contributed by atoms with Crippen molar-refractivity contribution in [2.45, 2.75) is 45.1 Å². The van der Waals surface area contributed by atoms with Crippen LogP contribution in [-0.4, -0.2) is 12.0 Å². The number of hydrogen-bond acceptors (Lipinski definition) is 1. The summed E-state index contributed by atoms with van der Waals surface area (Å²) >= 11 is 5.58. The predicted octanol–water partition coefficient (Wildman–Crippen LogP) is 4.62. The Kier molecular flexibility index (Phi) is 5.61. The van der Waals surface area contributed by atoms with Crippen molar-refractivity contribution in [1.82, 2.24) is 0 Å². The summed E-state index contributed by atoms with van der Waals surface area (Å²) in [6.07, 6.45) is 6.68. The predicted molar refractivity (Wildman–Crippen MR) is 80.7 cm³/mol. The third-order valence-corrected chi connectivity index (χ3v) is 3.92. The van der Waals surface area contributed by atoms with Crippen LogP contribution in [0.1, 0.15) is 44.6 Å². The van der Waals surface area contributed by atoms with Gasteiger partial charge in [-0.3, -0.25) is 0 Å². The molecule has 2 unspecified atom stereocenters. The van der Waals surface area contributed by atoms with E-state index in [1.807, 2.05) is 24.3 Å². The Balaban J connectivity index is 2.05. The number of alkyl halides is 1. The fourth-order valence-electron chi connectivity index (χ4n) is 2.75. The molecule has 0 spiro atoms. The smallest absolute Gasteiger partial charge is 0.120 e. The van der Waals surface area contributed by atoms with Crippen LogP contribution in [0.3, 0.4) is 0 Å². The van der Waals surface area contributed by atoms with E-state index < -0.39 is 0 Å². The molecule has 2 atom stereocenters. The minimum Gasteiger partial charge on any atom is -0.490 e. The van der Waals surface area contributed by atoms with Crippen LogP contribution in [0.5, 0.6) is 5.75 Å². The molecule has 0 radical (unpaired) electrons. The van der Waals surface area contributed by atoms with Crippen LogP contribution in [-0.2, 0) is 0 Å². The van der Waals surface area contributed by atoms with E-state index in [0.29, 0.717) is 17.9 Å². The molecule has 0 amide bonds. The van der Waals surface area contributed by atoms with Crippen molar-refractivity contribution < 1.29 is 4.74 Å². The fourth-order valence-corrected chi connectivity index (χ4v) is 2.82. The van der Waals surface area contributed by atoms with Crippen molar-refractivity contribution in [2.24, 2.45) is 5.92 Å². The lowest BCUT2D eigenvalue weighted by Crippen LogP contribution is -2.29. The maximum absolute atomic E-state index is 6.18. The molecular weight excluding hydrogens is 256 g/mol. The van der Waals surface area contributed by atoms with E-state index in [2.05, 4.69) is 18.8 Å². The standard InChI is InChI=1S/C17H21ClO/c1-2-15-9-3-4-11-17(15)19-16-10-5-7-14(13-16)8-6-12-18/h5,7,10,13,15,17H,2-4,9,11-12H2,1H3. The van der Waals surface area contributed by atoms with E-state index in [9.17, 15) is 0 Å². The molecule has 1 saturated carbocycles. The van der Waals surface area contributed by atoms with Crippen LogP contribution >= 0.6 is 11.6 Å². The first-order chi connectivity index (χ1) is 9.33. The maximum Gasteiger partial charge on any atom is 0.120 e. The number of hydrogen-bond donors (Lipinski definition) is 0. The van der Waals surface area contributed by atoms with Gasteiger partial charge in [0, 0.05) is 5.56 Å². The third-order valence-electron chi connectivity index (χ3n) is 3.78. The van der Waals surface area contributed by atoms with Gasteiger partial charge in [0.15, 0.2) is 0 Å². The summed E-state index contributed by atoms with van der Waals surface area (Å²) in [5.74, 6) is 7.91. The molecular formula is C17H21ClO. The van der Waals surface area contributed by atoms with Gasteiger partial charge in [-0.1, -0.05) is 31.3 Å². The third kappa shape index (κ3) is 4.18. The SMILES string of the molecule is CCC1CCCCC1Oc1cccc(C#CCCl)c1. The molecule has 1 fully saturated rings. The second-order valence-electron chi connectivity index (χ2n) is 5.07. The zero-order chi connectivity index (χ0) is 13.5. The first kappa shape index (κ1) is 14.3. The largest absolute Gasteiger partial charge is 0.490 e. The number of benzene rings is 1. The van der Waals surface area contributed by atoms with Gasteiger partial charge in [0.2, 0.25) is 0 Å². The van der Waals surface area contributed by atoms with Gasteiger partial charge in [0.05, 0.1) is 5.88 Å². The van der Waals surface area contributed by atoms with Crippen molar-refractivity contribution in [2.75, 3.05) is 5.88 Å². The molecule has 1 aromatic rings. The van der Waals surface area contributed by atoms with E-state index in [-0.39, 0.29) is 0 Å². The minimum absolute atomic E-state index is 0.367. The van der Waals surface area contributed by atoms with Crippen molar-refractivity contribution in [3.63, 3.8) is 0 Å². The topological polar surface area (TPSA) is 9.23 Å². The van der Waals surface area contributed by atoms with Crippen LogP contribution in [0.25, 0.3) is 0 Å².